The van der Waals surface area contributed by atoms with Gasteiger partial charge in [-0.3, -0.25) is 4.72 Å². The average Bonchev–Trinajstić information content (AvgIpc) is 2.27. The predicted molar refractivity (Wildman–Crippen MR) is 74.7 cm³/mol. The van der Waals surface area contributed by atoms with E-state index in [1.165, 1.54) is 12.1 Å². The number of rotatable bonds is 6. The van der Waals surface area contributed by atoms with Crippen molar-refractivity contribution >= 4 is 15.7 Å². The van der Waals surface area contributed by atoms with Gasteiger partial charge in [0, 0.05) is 12.6 Å². The van der Waals surface area contributed by atoms with Crippen LogP contribution in [-0.2, 0) is 10.0 Å². The number of anilines is 1. The first-order valence-corrected chi connectivity index (χ1v) is 7.80. The number of phenols is 1. The maximum atomic E-state index is 11.1. The van der Waals surface area contributed by atoms with E-state index in [-0.39, 0.29) is 17.5 Å². The molecule has 0 fully saturated rings. The molecule has 0 aliphatic carbocycles. The van der Waals surface area contributed by atoms with Gasteiger partial charge < -0.3 is 15.5 Å². The zero-order valence-electron chi connectivity index (χ0n) is 11.2. The van der Waals surface area contributed by atoms with Crippen LogP contribution in [0.5, 0.6) is 5.75 Å². The lowest BCUT2D eigenvalue weighted by atomic mass is 10.1. The number of hydrogen-bond donors (Lipinski definition) is 4. The van der Waals surface area contributed by atoms with Gasteiger partial charge in [0.05, 0.1) is 18.0 Å². The Morgan fingerprint density at radius 1 is 1.32 bits per heavy atom. The van der Waals surface area contributed by atoms with E-state index >= 15 is 0 Å². The molecule has 1 aromatic carbocycles. The molecule has 0 aromatic heterocycles. The van der Waals surface area contributed by atoms with Gasteiger partial charge in [-0.2, -0.15) is 0 Å². The fourth-order valence-electron chi connectivity index (χ4n) is 1.51. The summed E-state index contributed by atoms with van der Waals surface area (Å²) in [6.45, 7) is 4.28. The fourth-order valence-corrected chi connectivity index (χ4v) is 2.08. The summed E-state index contributed by atoms with van der Waals surface area (Å²) in [6.07, 6.45) is 0.238. The molecule has 0 amide bonds. The Morgan fingerprint density at radius 2 is 1.95 bits per heavy atom. The van der Waals surface area contributed by atoms with Gasteiger partial charge in [0.1, 0.15) is 5.75 Å². The minimum atomic E-state index is -3.44. The van der Waals surface area contributed by atoms with Crippen LogP contribution in [0.1, 0.15) is 25.5 Å². The van der Waals surface area contributed by atoms with Gasteiger partial charge in [-0.25, -0.2) is 8.42 Å². The number of sulfonamides is 1. The van der Waals surface area contributed by atoms with E-state index in [9.17, 15) is 18.6 Å². The first-order valence-electron chi connectivity index (χ1n) is 5.91. The highest BCUT2D eigenvalue weighted by Gasteiger charge is 2.12. The van der Waals surface area contributed by atoms with Gasteiger partial charge in [-0.1, -0.05) is 19.9 Å². The maximum Gasteiger partial charge on any atom is 0.229 e. The third kappa shape index (κ3) is 5.46. The number of aliphatic hydroxyl groups is 1. The van der Waals surface area contributed by atoms with E-state index in [0.29, 0.717) is 12.1 Å². The summed E-state index contributed by atoms with van der Waals surface area (Å²) in [5.41, 5.74) is 0.611. The van der Waals surface area contributed by atoms with Crippen molar-refractivity contribution in [2.24, 2.45) is 0 Å². The molecular weight excluding hydrogens is 268 g/mol. The number of phenolic OH excluding ortho intramolecular Hbond substituents is 1. The summed E-state index contributed by atoms with van der Waals surface area (Å²) >= 11 is 0. The Bertz CT molecular complexity index is 529. The predicted octanol–water partition coefficient (Wildman–Crippen LogP) is 0.795. The van der Waals surface area contributed by atoms with Gasteiger partial charge in [0.25, 0.3) is 0 Å². The number of aliphatic hydroxyl groups excluding tert-OH is 1. The Balaban J connectivity index is 2.81. The quantitative estimate of drug-likeness (QED) is 0.580. The highest BCUT2D eigenvalue weighted by atomic mass is 32.2. The van der Waals surface area contributed by atoms with Crippen LogP contribution in [0.3, 0.4) is 0 Å². The van der Waals surface area contributed by atoms with Crippen molar-refractivity contribution in [3.63, 3.8) is 0 Å². The van der Waals surface area contributed by atoms with Crippen LogP contribution in [-0.4, -0.2) is 37.5 Å². The number of aromatic hydroxyl groups is 1. The van der Waals surface area contributed by atoms with Crippen molar-refractivity contribution in [2.45, 2.75) is 26.0 Å². The average molecular weight is 288 g/mol. The van der Waals surface area contributed by atoms with Crippen molar-refractivity contribution in [2.75, 3.05) is 17.5 Å². The molecular formula is C12H20N2O4S. The van der Waals surface area contributed by atoms with Gasteiger partial charge in [0.2, 0.25) is 10.0 Å². The summed E-state index contributed by atoms with van der Waals surface area (Å²) in [5, 5.41) is 22.7. The lowest BCUT2D eigenvalue weighted by molar-refractivity contribution is 0.171. The second kappa shape index (κ2) is 6.23. The molecule has 1 unspecified atom stereocenters. The molecule has 1 aromatic rings. The van der Waals surface area contributed by atoms with Crippen molar-refractivity contribution < 1.29 is 18.6 Å². The highest BCUT2D eigenvalue weighted by molar-refractivity contribution is 7.92. The third-order valence-electron chi connectivity index (χ3n) is 2.42. The van der Waals surface area contributed by atoms with Crippen LogP contribution in [0.2, 0.25) is 0 Å². The molecule has 1 rings (SSSR count). The lowest BCUT2D eigenvalue weighted by Crippen LogP contribution is -2.27. The van der Waals surface area contributed by atoms with Crippen LogP contribution in [0.4, 0.5) is 5.69 Å². The van der Waals surface area contributed by atoms with Gasteiger partial charge >= 0.3 is 0 Å². The van der Waals surface area contributed by atoms with Crippen molar-refractivity contribution in [3.05, 3.63) is 23.8 Å². The molecule has 0 bridgehead atoms. The Labute approximate surface area is 113 Å². The van der Waals surface area contributed by atoms with Crippen LogP contribution in [0.25, 0.3) is 0 Å². The maximum absolute atomic E-state index is 11.1. The van der Waals surface area contributed by atoms with E-state index in [1.807, 2.05) is 13.8 Å². The zero-order valence-corrected chi connectivity index (χ0v) is 12.0. The number of benzene rings is 1. The molecule has 0 saturated carbocycles. The SMILES string of the molecule is CC(C)NCC(O)c1ccc(NS(C)(=O)=O)c(O)c1. The Kier molecular flexibility index (Phi) is 5.16. The van der Waals surface area contributed by atoms with Crippen molar-refractivity contribution in [1.29, 1.82) is 0 Å². The second-order valence-corrected chi connectivity index (χ2v) is 6.48. The first kappa shape index (κ1) is 15.7. The van der Waals surface area contributed by atoms with E-state index in [0.717, 1.165) is 6.26 Å². The fraction of sp³-hybridized carbons (Fsp3) is 0.500. The second-order valence-electron chi connectivity index (χ2n) is 4.73. The molecule has 0 heterocycles. The summed E-state index contributed by atoms with van der Waals surface area (Å²) in [5.74, 6) is -0.216. The van der Waals surface area contributed by atoms with Crippen molar-refractivity contribution in [3.8, 4) is 5.75 Å². The Hall–Kier alpha value is -1.31. The summed E-state index contributed by atoms with van der Waals surface area (Å²) in [4.78, 5) is 0. The van der Waals surface area contributed by atoms with E-state index in [1.54, 1.807) is 6.07 Å². The summed E-state index contributed by atoms with van der Waals surface area (Å²) in [7, 11) is -3.44. The number of nitrogens with one attached hydrogen (secondary N) is 2. The molecule has 108 valence electrons. The van der Waals surface area contributed by atoms with Gasteiger partial charge in [-0.05, 0) is 17.7 Å². The minimum Gasteiger partial charge on any atom is -0.506 e. The van der Waals surface area contributed by atoms with E-state index in [2.05, 4.69) is 10.0 Å². The largest absolute Gasteiger partial charge is 0.506 e. The summed E-state index contributed by atoms with van der Waals surface area (Å²) in [6, 6.07) is 4.58. The van der Waals surface area contributed by atoms with E-state index < -0.39 is 16.1 Å². The molecule has 0 aliphatic heterocycles. The Morgan fingerprint density at radius 3 is 2.42 bits per heavy atom. The minimum absolute atomic E-state index is 0.0928. The topological polar surface area (TPSA) is 98.7 Å². The molecule has 4 N–H and O–H groups in total. The summed E-state index contributed by atoms with van der Waals surface area (Å²) < 4.78 is 24.3. The molecule has 19 heavy (non-hydrogen) atoms. The molecule has 0 aliphatic rings. The van der Waals surface area contributed by atoms with E-state index in [4.69, 9.17) is 0 Å². The smallest absolute Gasteiger partial charge is 0.229 e. The number of hydrogen-bond acceptors (Lipinski definition) is 5. The zero-order chi connectivity index (χ0) is 14.6. The van der Waals surface area contributed by atoms with Crippen LogP contribution in [0.15, 0.2) is 18.2 Å². The first-order chi connectivity index (χ1) is 8.69. The van der Waals surface area contributed by atoms with Crippen LogP contribution < -0.4 is 10.0 Å². The van der Waals surface area contributed by atoms with Crippen molar-refractivity contribution in [1.82, 2.24) is 5.32 Å². The molecule has 6 nitrogen and oxygen atoms in total. The third-order valence-corrected chi connectivity index (χ3v) is 3.01. The highest BCUT2D eigenvalue weighted by Crippen LogP contribution is 2.27. The van der Waals surface area contributed by atoms with Gasteiger partial charge in [-0.15, -0.1) is 0 Å². The molecule has 0 saturated heterocycles. The lowest BCUT2D eigenvalue weighted by Gasteiger charge is -2.15. The standard InChI is InChI=1S/C12H20N2O4S/c1-8(2)13-7-12(16)9-4-5-10(11(15)6-9)14-19(3,17)18/h4-6,8,12-16H,7H2,1-3H3. The normalized spacial score (nSPS) is 13.5. The van der Waals surface area contributed by atoms with Crippen LogP contribution in [0, 0.1) is 0 Å². The molecule has 1 atom stereocenters. The van der Waals surface area contributed by atoms with Crippen LogP contribution >= 0.6 is 0 Å². The van der Waals surface area contributed by atoms with Gasteiger partial charge in [0.15, 0.2) is 0 Å². The molecule has 0 radical (unpaired) electrons. The molecule has 7 heteroatoms. The monoisotopic (exact) mass is 288 g/mol. The molecule has 0 spiro atoms.